The van der Waals surface area contributed by atoms with Crippen molar-refractivity contribution in [3.05, 3.63) is 18.3 Å². The Hall–Kier alpha value is -1.62. The highest BCUT2D eigenvalue weighted by Gasteiger charge is 2.26. The van der Waals surface area contributed by atoms with E-state index in [1.807, 2.05) is 19.2 Å². The summed E-state index contributed by atoms with van der Waals surface area (Å²) in [5.41, 5.74) is 0.868. The predicted molar refractivity (Wildman–Crippen MR) is 78.0 cm³/mol. The first-order valence-electron chi connectivity index (χ1n) is 7.29. The first-order valence-corrected chi connectivity index (χ1v) is 7.29. The maximum absolute atomic E-state index is 12.1. The summed E-state index contributed by atoms with van der Waals surface area (Å²) in [4.78, 5) is 20.5. The molecule has 0 unspecified atom stereocenters. The van der Waals surface area contributed by atoms with Crippen LogP contribution in [0.1, 0.15) is 19.3 Å². The van der Waals surface area contributed by atoms with Crippen molar-refractivity contribution in [3.63, 3.8) is 0 Å². The fourth-order valence-electron chi connectivity index (χ4n) is 2.41. The molecule has 0 N–H and O–H groups in total. The number of hydrogen-bond acceptors (Lipinski definition) is 4. The van der Waals surface area contributed by atoms with Gasteiger partial charge in [-0.2, -0.15) is 0 Å². The molecule has 2 heterocycles. The van der Waals surface area contributed by atoms with Crippen molar-refractivity contribution in [2.75, 3.05) is 43.2 Å². The van der Waals surface area contributed by atoms with E-state index >= 15 is 0 Å². The lowest BCUT2D eigenvalue weighted by atomic mass is 10.2. The van der Waals surface area contributed by atoms with Crippen LogP contribution in [0.2, 0.25) is 0 Å². The average molecular weight is 275 g/mol. The molecule has 1 saturated carbocycles. The Labute approximate surface area is 119 Å². The molecule has 1 amide bonds. The fraction of sp³-hybridized carbons (Fsp3) is 0.600. The number of anilines is 2. The van der Waals surface area contributed by atoms with Gasteiger partial charge in [-0.15, -0.1) is 0 Å². The first-order chi connectivity index (χ1) is 9.74. The molecule has 0 bridgehead atoms. The predicted octanol–water partition coefficient (Wildman–Crippen LogP) is 1.68. The molecular formula is C15H21N3O2. The molecular weight excluding hydrogens is 254 g/mol. The molecule has 1 saturated heterocycles. The fourth-order valence-corrected chi connectivity index (χ4v) is 2.41. The lowest BCUT2D eigenvalue weighted by Gasteiger charge is -2.28. The van der Waals surface area contributed by atoms with E-state index in [9.17, 15) is 4.79 Å². The van der Waals surface area contributed by atoms with Gasteiger partial charge >= 0.3 is 0 Å². The molecule has 0 atom stereocenters. The highest BCUT2D eigenvalue weighted by atomic mass is 16.5. The number of ether oxygens (including phenoxy) is 1. The number of morpholine rings is 1. The number of rotatable bonds is 4. The summed E-state index contributed by atoms with van der Waals surface area (Å²) in [7, 11) is 1.83. The van der Waals surface area contributed by atoms with Gasteiger partial charge in [0.25, 0.3) is 0 Å². The molecule has 1 aromatic rings. The molecule has 0 spiro atoms. The van der Waals surface area contributed by atoms with Crippen LogP contribution in [0.5, 0.6) is 0 Å². The maximum atomic E-state index is 12.1. The van der Waals surface area contributed by atoms with Gasteiger partial charge in [0.1, 0.15) is 5.82 Å². The minimum Gasteiger partial charge on any atom is -0.378 e. The van der Waals surface area contributed by atoms with Crippen molar-refractivity contribution >= 4 is 17.4 Å². The van der Waals surface area contributed by atoms with Crippen LogP contribution in [0.4, 0.5) is 11.5 Å². The van der Waals surface area contributed by atoms with Gasteiger partial charge in [-0.1, -0.05) is 0 Å². The standard InChI is InChI=1S/C15H21N3O2/c1-17(15(19)10-12-2-3-12)13-4-5-14(16-11-13)18-6-8-20-9-7-18/h4-5,11-12H,2-3,6-10H2,1H3. The van der Waals surface area contributed by atoms with E-state index in [-0.39, 0.29) is 5.91 Å². The molecule has 0 aromatic carbocycles. The zero-order valence-electron chi connectivity index (χ0n) is 11.9. The van der Waals surface area contributed by atoms with E-state index in [1.165, 1.54) is 12.8 Å². The number of pyridine rings is 1. The average Bonchev–Trinajstić information content (AvgIpc) is 3.31. The largest absolute Gasteiger partial charge is 0.378 e. The van der Waals surface area contributed by atoms with E-state index in [1.54, 1.807) is 11.1 Å². The molecule has 1 aliphatic heterocycles. The van der Waals surface area contributed by atoms with Gasteiger partial charge in [0, 0.05) is 26.6 Å². The second-order valence-electron chi connectivity index (χ2n) is 5.57. The lowest BCUT2D eigenvalue weighted by Crippen LogP contribution is -2.36. The van der Waals surface area contributed by atoms with Crippen molar-refractivity contribution in [2.45, 2.75) is 19.3 Å². The van der Waals surface area contributed by atoms with Crippen LogP contribution >= 0.6 is 0 Å². The summed E-state index contributed by atoms with van der Waals surface area (Å²) >= 11 is 0. The summed E-state index contributed by atoms with van der Waals surface area (Å²) in [5.74, 6) is 1.76. The number of aromatic nitrogens is 1. The summed E-state index contributed by atoms with van der Waals surface area (Å²) in [5, 5.41) is 0. The molecule has 5 heteroatoms. The Morgan fingerprint density at radius 1 is 1.40 bits per heavy atom. The number of nitrogens with zero attached hydrogens (tertiary/aromatic N) is 3. The minimum absolute atomic E-state index is 0.188. The Bertz CT molecular complexity index is 465. The van der Waals surface area contributed by atoms with Crippen LogP contribution in [0.3, 0.4) is 0 Å². The lowest BCUT2D eigenvalue weighted by molar-refractivity contribution is -0.118. The third-order valence-corrected chi connectivity index (χ3v) is 3.99. The van der Waals surface area contributed by atoms with Gasteiger partial charge in [-0.25, -0.2) is 4.98 Å². The summed E-state index contributed by atoms with van der Waals surface area (Å²) in [6.07, 6.45) is 4.86. The Kier molecular flexibility index (Phi) is 3.87. The molecule has 0 radical (unpaired) electrons. The topological polar surface area (TPSA) is 45.7 Å². The molecule has 2 fully saturated rings. The van der Waals surface area contributed by atoms with Crippen LogP contribution in [0.25, 0.3) is 0 Å². The van der Waals surface area contributed by atoms with Crippen molar-refractivity contribution in [3.8, 4) is 0 Å². The van der Waals surface area contributed by atoms with E-state index in [2.05, 4.69) is 9.88 Å². The Balaban J connectivity index is 1.63. The number of amides is 1. The normalized spacial score (nSPS) is 18.9. The summed E-state index contributed by atoms with van der Waals surface area (Å²) in [6.45, 7) is 3.26. The Morgan fingerprint density at radius 3 is 2.75 bits per heavy atom. The van der Waals surface area contributed by atoms with Gasteiger partial charge in [0.05, 0.1) is 25.1 Å². The van der Waals surface area contributed by atoms with Crippen LogP contribution < -0.4 is 9.80 Å². The van der Waals surface area contributed by atoms with Crippen molar-refractivity contribution in [1.82, 2.24) is 4.98 Å². The van der Waals surface area contributed by atoms with Gasteiger partial charge in [-0.3, -0.25) is 4.79 Å². The van der Waals surface area contributed by atoms with Gasteiger partial charge in [0.2, 0.25) is 5.91 Å². The third-order valence-electron chi connectivity index (χ3n) is 3.99. The highest BCUT2D eigenvalue weighted by molar-refractivity contribution is 5.93. The minimum atomic E-state index is 0.188. The van der Waals surface area contributed by atoms with Crippen LogP contribution in [-0.2, 0) is 9.53 Å². The second-order valence-corrected chi connectivity index (χ2v) is 5.57. The second kappa shape index (κ2) is 5.79. The van der Waals surface area contributed by atoms with Crippen LogP contribution in [0, 0.1) is 5.92 Å². The smallest absolute Gasteiger partial charge is 0.227 e. The summed E-state index contributed by atoms with van der Waals surface area (Å²) in [6, 6.07) is 3.96. The molecule has 108 valence electrons. The molecule has 5 nitrogen and oxygen atoms in total. The molecule has 3 rings (SSSR count). The zero-order valence-corrected chi connectivity index (χ0v) is 11.9. The van der Waals surface area contributed by atoms with Gasteiger partial charge < -0.3 is 14.5 Å². The van der Waals surface area contributed by atoms with Gasteiger partial charge in [0.15, 0.2) is 0 Å². The monoisotopic (exact) mass is 275 g/mol. The Morgan fingerprint density at radius 2 is 2.15 bits per heavy atom. The van der Waals surface area contributed by atoms with E-state index in [4.69, 9.17) is 4.74 Å². The number of carbonyl (C=O) groups is 1. The van der Waals surface area contributed by atoms with Crippen molar-refractivity contribution in [1.29, 1.82) is 0 Å². The zero-order chi connectivity index (χ0) is 13.9. The van der Waals surface area contributed by atoms with Crippen molar-refractivity contribution < 1.29 is 9.53 Å². The quantitative estimate of drug-likeness (QED) is 0.838. The number of hydrogen-bond donors (Lipinski definition) is 0. The van der Waals surface area contributed by atoms with E-state index < -0.39 is 0 Å². The SMILES string of the molecule is CN(C(=O)CC1CC1)c1ccc(N2CCOCC2)nc1. The maximum Gasteiger partial charge on any atom is 0.227 e. The molecule has 2 aliphatic rings. The van der Waals surface area contributed by atoms with Gasteiger partial charge in [-0.05, 0) is 30.9 Å². The molecule has 20 heavy (non-hydrogen) atoms. The number of carbonyl (C=O) groups excluding carboxylic acids is 1. The highest BCUT2D eigenvalue weighted by Crippen LogP contribution is 2.33. The van der Waals surface area contributed by atoms with Crippen molar-refractivity contribution in [2.24, 2.45) is 5.92 Å². The molecule has 1 aliphatic carbocycles. The first kappa shape index (κ1) is 13.4. The van der Waals surface area contributed by atoms with E-state index in [0.29, 0.717) is 12.3 Å². The summed E-state index contributed by atoms with van der Waals surface area (Å²) < 4.78 is 5.34. The third kappa shape index (κ3) is 3.10. The van der Waals surface area contributed by atoms with E-state index in [0.717, 1.165) is 37.8 Å². The van der Waals surface area contributed by atoms with Crippen LogP contribution in [-0.4, -0.2) is 44.2 Å². The molecule has 1 aromatic heterocycles. The van der Waals surface area contributed by atoms with Crippen LogP contribution in [0.15, 0.2) is 18.3 Å².